The van der Waals surface area contributed by atoms with Gasteiger partial charge in [-0.15, -0.1) is 0 Å². The van der Waals surface area contributed by atoms with Crippen LogP contribution < -0.4 is 15.7 Å². The van der Waals surface area contributed by atoms with E-state index in [0.29, 0.717) is 18.8 Å². The van der Waals surface area contributed by atoms with Crippen LogP contribution in [0.4, 0.5) is 5.69 Å². The third kappa shape index (κ3) is 4.55. The topological polar surface area (TPSA) is 85.7 Å². The van der Waals surface area contributed by atoms with E-state index in [2.05, 4.69) is 74.3 Å². The summed E-state index contributed by atoms with van der Waals surface area (Å²) >= 11 is 0. The van der Waals surface area contributed by atoms with E-state index in [1.54, 1.807) is 0 Å². The van der Waals surface area contributed by atoms with Crippen LogP contribution in [0.25, 0.3) is 10.9 Å². The number of nitrogens with one attached hydrogen (secondary N) is 1. The van der Waals surface area contributed by atoms with Gasteiger partial charge in [-0.1, -0.05) is 36.4 Å². The highest BCUT2D eigenvalue weighted by molar-refractivity contribution is 6.62. The molecule has 3 fully saturated rings. The number of aromatic nitrogens is 2. The molecule has 6 rings (SSSR count). The molecule has 0 saturated carbocycles. The highest BCUT2D eigenvalue weighted by Gasteiger charge is 2.51. The first-order chi connectivity index (χ1) is 18.5. The van der Waals surface area contributed by atoms with Gasteiger partial charge in [0.25, 0.3) is 0 Å². The molecule has 2 aromatic carbocycles. The molecule has 1 N–H and O–H groups in total. The summed E-state index contributed by atoms with van der Waals surface area (Å²) in [6.07, 6.45) is 2.97. The first-order valence-corrected chi connectivity index (χ1v) is 14.0. The van der Waals surface area contributed by atoms with Crippen LogP contribution in [0.2, 0.25) is 0 Å². The van der Waals surface area contributed by atoms with Crippen molar-refractivity contribution in [1.82, 2.24) is 15.1 Å². The molecule has 1 aromatic heterocycles. The van der Waals surface area contributed by atoms with Crippen LogP contribution in [-0.4, -0.2) is 53.0 Å². The predicted molar refractivity (Wildman–Crippen MR) is 152 cm³/mol. The SMILES string of the molecule is Cn1nc(C2CCC(=O)NC2=O)c2cccc(N3CCC(c4ccc(B5OC(C)(C)C(C)(C)O5)cc4)CC3)c21. The van der Waals surface area contributed by atoms with Gasteiger partial charge in [0.1, 0.15) is 0 Å². The minimum Gasteiger partial charge on any atom is -0.399 e. The first kappa shape index (κ1) is 26.1. The lowest BCUT2D eigenvalue weighted by atomic mass is 9.77. The molecule has 0 radical (unpaired) electrons. The maximum atomic E-state index is 12.6. The Morgan fingerprint density at radius 3 is 2.26 bits per heavy atom. The maximum absolute atomic E-state index is 12.6. The number of para-hydroxylation sites is 1. The highest BCUT2D eigenvalue weighted by Crippen LogP contribution is 2.38. The quantitative estimate of drug-likeness (QED) is 0.410. The summed E-state index contributed by atoms with van der Waals surface area (Å²) in [5.74, 6) is -0.351. The minimum absolute atomic E-state index is 0.206. The molecule has 3 aliphatic heterocycles. The van der Waals surface area contributed by atoms with E-state index in [1.807, 2.05) is 17.8 Å². The van der Waals surface area contributed by atoms with Gasteiger partial charge in [-0.2, -0.15) is 5.10 Å². The molecule has 3 saturated heterocycles. The van der Waals surface area contributed by atoms with Gasteiger partial charge in [0.05, 0.1) is 34.0 Å². The third-order valence-electron chi connectivity index (χ3n) is 9.21. The normalized spacial score (nSPS) is 23.5. The number of rotatable bonds is 4. The van der Waals surface area contributed by atoms with E-state index in [4.69, 9.17) is 14.4 Å². The van der Waals surface area contributed by atoms with Crippen molar-refractivity contribution < 1.29 is 18.9 Å². The summed E-state index contributed by atoms with van der Waals surface area (Å²) in [5, 5.41) is 8.23. The van der Waals surface area contributed by atoms with Gasteiger partial charge >= 0.3 is 7.12 Å². The van der Waals surface area contributed by atoms with Crippen molar-refractivity contribution in [3.63, 3.8) is 0 Å². The molecule has 3 aliphatic rings. The van der Waals surface area contributed by atoms with Crippen LogP contribution in [0.5, 0.6) is 0 Å². The Kier molecular flexibility index (Phi) is 6.34. The molecule has 2 amide bonds. The number of imide groups is 1. The van der Waals surface area contributed by atoms with Crippen LogP contribution in [0.1, 0.15) is 76.5 Å². The molecule has 9 heteroatoms. The Bertz CT molecular complexity index is 1410. The Balaban J connectivity index is 1.16. The van der Waals surface area contributed by atoms with Crippen molar-refractivity contribution >= 4 is 41.0 Å². The zero-order chi connectivity index (χ0) is 27.5. The molecule has 8 nitrogen and oxygen atoms in total. The molecular formula is C30H37BN4O4. The zero-order valence-electron chi connectivity index (χ0n) is 23.5. The van der Waals surface area contributed by atoms with Crippen molar-refractivity contribution in [3.05, 3.63) is 53.7 Å². The van der Waals surface area contributed by atoms with Crippen LogP contribution in [-0.2, 0) is 25.9 Å². The molecule has 1 atom stereocenters. The summed E-state index contributed by atoms with van der Waals surface area (Å²) in [4.78, 5) is 26.7. The molecule has 0 aliphatic carbocycles. The van der Waals surface area contributed by atoms with E-state index in [9.17, 15) is 9.59 Å². The number of nitrogens with zero attached hydrogens (tertiary/aromatic N) is 3. The summed E-state index contributed by atoms with van der Waals surface area (Å²) in [6.45, 7) is 10.2. The molecule has 204 valence electrons. The molecule has 39 heavy (non-hydrogen) atoms. The average Bonchev–Trinajstić information content (AvgIpc) is 3.35. The number of benzene rings is 2. The van der Waals surface area contributed by atoms with E-state index in [0.717, 1.165) is 53.7 Å². The second kappa shape index (κ2) is 9.49. The van der Waals surface area contributed by atoms with Crippen molar-refractivity contribution in [1.29, 1.82) is 0 Å². The van der Waals surface area contributed by atoms with Crippen LogP contribution >= 0.6 is 0 Å². The number of aryl methyl sites for hydroxylation is 1. The van der Waals surface area contributed by atoms with Crippen molar-refractivity contribution in [3.8, 4) is 0 Å². The van der Waals surface area contributed by atoms with Gasteiger partial charge < -0.3 is 14.2 Å². The minimum atomic E-state index is -0.396. The van der Waals surface area contributed by atoms with Gasteiger partial charge in [0.15, 0.2) is 0 Å². The lowest BCUT2D eigenvalue weighted by molar-refractivity contribution is -0.134. The van der Waals surface area contributed by atoms with Gasteiger partial charge in [-0.3, -0.25) is 19.6 Å². The van der Waals surface area contributed by atoms with Crippen LogP contribution in [0, 0.1) is 0 Å². The number of piperidine rings is 2. The molecule has 0 bridgehead atoms. The summed E-state index contributed by atoms with van der Waals surface area (Å²) in [7, 11) is 1.60. The van der Waals surface area contributed by atoms with E-state index in [1.165, 1.54) is 5.56 Å². The lowest BCUT2D eigenvalue weighted by Crippen LogP contribution is -2.41. The molecule has 0 spiro atoms. The zero-order valence-corrected chi connectivity index (χ0v) is 23.5. The maximum Gasteiger partial charge on any atom is 0.494 e. The fourth-order valence-corrected chi connectivity index (χ4v) is 6.17. The monoisotopic (exact) mass is 528 g/mol. The number of fused-ring (bicyclic) bond motifs is 1. The number of anilines is 1. The van der Waals surface area contributed by atoms with Gasteiger partial charge in [-0.25, -0.2) is 0 Å². The third-order valence-corrected chi connectivity index (χ3v) is 9.21. The number of hydrogen-bond acceptors (Lipinski definition) is 6. The van der Waals surface area contributed by atoms with E-state index < -0.39 is 5.92 Å². The number of carbonyl (C=O) groups is 2. The van der Waals surface area contributed by atoms with Crippen LogP contribution in [0.15, 0.2) is 42.5 Å². The summed E-state index contributed by atoms with van der Waals surface area (Å²) in [6, 6.07) is 15.0. The van der Waals surface area contributed by atoms with Crippen molar-refractivity contribution in [2.24, 2.45) is 7.05 Å². The fourth-order valence-electron chi connectivity index (χ4n) is 6.17. The lowest BCUT2D eigenvalue weighted by Gasteiger charge is -2.34. The standard InChI is InChI=1S/C30H37BN4O4/c1-29(2)30(3,4)39-31(38-29)21-11-9-19(10-12-21)20-15-17-35(18-16-20)24-8-6-7-22-26(33-34(5)27(22)24)23-13-14-25(36)32-28(23)37/h6-12,20,23H,13-18H2,1-5H3,(H,32,36,37). The molecule has 3 aromatic rings. The Morgan fingerprint density at radius 1 is 0.949 bits per heavy atom. The summed E-state index contributed by atoms with van der Waals surface area (Å²) in [5.41, 5.74) is 4.68. The number of hydrogen-bond donors (Lipinski definition) is 1. The molecular weight excluding hydrogens is 491 g/mol. The number of carbonyl (C=O) groups excluding carboxylic acids is 2. The molecule has 1 unspecified atom stereocenters. The Hall–Kier alpha value is -3.17. The smallest absolute Gasteiger partial charge is 0.399 e. The van der Waals surface area contributed by atoms with Gasteiger partial charge in [-0.05, 0) is 70.0 Å². The van der Waals surface area contributed by atoms with E-state index >= 15 is 0 Å². The fraction of sp³-hybridized carbons (Fsp3) is 0.500. The van der Waals surface area contributed by atoms with Gasteiger partial charge in [0.2, 0.25) is 11.8 Å². The van der Waals surface area contributed by atoms with E-state index in [-0.39, 0.29) is 30.1 Å². The first-order valence-electron chi connectivity index (χ1n) is 14.0. The van der Waals surface area contributed by atoms with Crippen molar-refractivity contribution in [2.45, 2.75) is 76.4 Å². The molecule has 4 heterocycles. The predicted octanol–water partition coefficient (Wildman–Crippen LogP) is 3.78. The Labute approximate surface area is 230 Å². The second-order valence-corrected chi connectivity index (χ2v) is 12.2. The highest BCUT2D eigenvalue weighted by atomic mass is 16.7. The van der Waals surface area contributed by atoms with Crippen LogP contribution in [0.3, 0.4) is 0 Å². The summed E-state index contributed by atoms with van der Waals surface area (Å²) < 4.78 is 14.3. The number of amides is 2. The Morgan fingerprint density at radius 2 is 1.62 bits per heavy atom. The average molecular weight is 528 g/mol. The second-order valence-electron chi connectivity index (χ2n) is 12.2. The largest absolute Gasteiger partial charge is 0.494 e. The van der Waals surface area contributed by atoms with Gasteiger partial charge in [0, 0.05) is 31.9 Å². The van der Waals surface area contributed by atoms with Crippen molar-refractivity contribution in [2.75, 3.05) is 18.0 Å².